The number of pyridine rings is 1. The Morgan fingerprint density at radius 1 is 1.04 bits per heavy atom. The van der Waals surface area contributed by atoms with Crippen LogP contribution in [0.2, 0.25) is 0 Å². The molecule has 3 atom stereocenters. The summed E-state index contributed by atoms with van der Waals surface area (Å²) in [5.41, 5.74) is 2.29. The molecule has 1 saturated heterocycles. The molecule has 116 valence electrons. The topological polar surface area (TPSA) is 49.0 Å². The Morgan fingerprint density at radius 2 is 1.87 bits per heavy atom. The van der Waals surface area contributed by atoms with E-state index in [1.807, 2.05) is 41.0 Å². The first-order valence-electron chi connectivity index (χ1n) is 8.14. The van der Waals surface area contributed by atoms with Crippen molar-refractivity contribution in [2.24, 2.45) is 5.92 Å². The van der Waals surface area contributed by atoms with E-state index >= 15 is 0 Å². The molecule has 23 heavy (non-hydrogen) atoms. The zero-order valence-electron chi connectivity index (χ0n) is 12.9. The highest BCUT2D eigenvalue weighted by molar-refractivity contribution is 5.25. The number of fused-ring (bicyclic) bond motifs is 4. The summed E-state index contributed by atoms with van der Waals surface area (Å²) in [4.78, 5) is 14.4. The van der Waals surface area contributed by atoms with E-state index in [9.17, 15) is 10.1 Å². The highest BCUT2D eigenvalue weighted by Crippen LogP contribution is 2.38. The Bertz CT molecular complexity index is 805. The van der Waals surface area contributed by atoms with Gasteiger partial charge in [-0.1, -0.05) is 36.4 Å². The Morgan fingerprint density at radius 3 is 2.65 bits per heavy atom. The van der Waals surface area contributed by atoms with E-state index in [-0.39, 0.29) is 11.6 Å². The van der Waals surface area contributed by atoms with Gasteiger partial charge < -0.3 is 4.57 Å². The van der Waals surface area contributed by atoms with Gasteiger partial charge in [-0.15, -0.1) is 0 Å². The van der Waals surface area contributed by atoms with Gasteiger partial charge in [0.25, 0.3) is 5.56 Å². The number of rotatable bonds is 2. The molecule has 2 bridgehead atoms. The minimum Gasteiger partial charge on any atom is -0.312 e. The van der Waals surface area contributed by atoms with Crippen molar-refractivity contribution in [1.82, 2.24) is 9.47 Å². The average molecular weight is 305 g/mol. The van der Waals surface area contributed by atoms with Gasteiger partial charge in [-0.2, -0.15) is 5.26 Å². The number of nitrogens with zero attached hydrogens (tertiary/aromatic N) is 3. The molecular weight excluding hydrogens is 286 g/mol. The van der Waals surface area contributed by atoms with Crippen molar-refractivity contribution in [3.63, 3.8) is 0 Å². The largest absolute Gasteiger partial charge is 0.312 e. The van der Waals surface area contributed by atoms with Crippen LogP contribution in [0.3, 0.4) is 0 Å². The fraction of sp³-hybridized carbons (Fsp3) is 0.368. The zero-order valence-corrected chi connectivity index (χ0v) is 12.9. The molecule has 0 amide bonds. The van der Waals surface area contributed by atoms with Gasteiger partial charge in [0, 0.05) is 37.3 Å². The van der Waals surface area contributed by atoms with Crippen LogP contribution in [0.1, 0.15) is 29.6 Å². The summed E-state index contributed by atoms with van der Waals surface area (Å²) in [5.74, 6) is 0.789. The quantitative estimate of drug-likeness (QED) is 0.856. The highest BCUT2D eigenvalue weighted by atomic mass is 16.1. The minimum atomic E-state index is -0.205. The van der Waals surface area contributed by atoms with Crippen molar-refractivity contribution in [2.75, 3.05) is 13.1 Å². The predicted molar refractivity (Wildman–Crippen MR) is 87.9 cm³/mol. The summed E-state index contributed by atoms with van der Waals surface area (Å²) in [6.07, 6.45) is 1.12. The molecule has 0 unspecified atom stereocenters. The monoisotopic (exact) mass is 305 g/mol. The lowest BCUT2D eigenvalue weighted by atomic mass is 9.82. The minimum absolute atomic E-state index is 0.102. The highest BCUT2D eigenvalue weighted by Gasteiger charge is 2.37. The van der Waals surface area contributed by atoms with Crippen molar-refractivity contribution in [1.29, 1.82) is 5.26 Å². The van der Waals surface area contributed by atoms with Gasteiger partial charge in [-0.25, -0.2) is 0 Å². The van der Waals surface area contributed by atoms with Crippen LogP contribution in [0.15, 0.2) is 53.3 Å². The molecule has 0 spiro atoms. The summed E-state index contributed by atoms with van der Waals surface area (Å²) in [6.45, 7) is 2.49. The summed E-state index contributed by atoms with van der Waals surface area (Å²) in [5, 5.41) is 9.69. The molecule has 1 aromatic carbocycles. The molecule has 2 aliphatic rings. The maximum atomic E-state index is 12.1. The SMILES string of the molecule is N#C[C@@H](c1ccccc1)N1C[C@@H]2C[C@@H](C1)c1cccc(=O)n1C2. The normalized spacial score (nSPS) is 24.5. The third kappa shape index (κ3) is 2.47. The first kappa shape index (κ1) is 14.2. The van der Waals surface area contributed by atoms with Crippen LogP contribution in [0.5, 0.6) is 0 Å². The van der Waals surface area contributed by atoms with Crippen molar-refractivity contribution >= 4 is 0 Å². The first-order valence-corrected chi connectivity index (χ1v) is 8.14. The van der Waals surface area contributed by atoms with Crippen molar-refractivity contribution in [3.05, 3.63) is 70.1 Å². The third-order valence-electron chi connectivity index (χ3n) is 5.11. The summed E-state index contributed by atoms with van der Waals surface area (Å²) in [7, 11) is 0. The van der Waals surface area contributed by atoms with Crippen LogP contribution < -0.4 is 5.56 Å². The second-order valence-electron chi connectivity index (χ2n) is 6.59. The number of likely N-dealkylation sites (tertiary alicyclic amines) is 1. The Hall–Kier alpha value is -2.38. The van der Waals surface area contributed by atoms with Gasteiger partial charge in [0.05, 0.1) is 6.07 Å². The van der Waals surface area contributed by atoms with Crippen LogP contribution >= 0.6 is 0 Å². The van der Waals surface area contributed by atoms with E-state index in [4.69, 9.17) is 0 Å². The van der Waals surface area contributed by atoms with Gasteiger partial charge in [0.2, 0.25) is 0 Å². The van der Waals surface area contributed by atoms with Crippen LogP contribution in [-0.2, 0) is 6.54 Å². The van der Waals surface area contributed by atoms with Crippen molar-refractivity contribution in [2.45, 2.75) is 24.9 Å². The molecule has 0 saturated carbocycles. The number of hydrogen-bond acceptors (Lipinski definition) is 3. The van der Waals surface area contributed by atoms with E-state index in [0.29, 0.717) is 11.8 Å². The second kappa shape index (κ2) is 5.68. The van der Waals surface area contributed by atoms with Gasteiger partial charge in [-0.05, 0) is 24.0 Å². The fourth-order valence-electron chi connectivity index (χ4n) is 4.15. The molecular formula is C19H19N3O. The molecule has 1 fully saturated rings. The molecule has 4 nitrogen and oxygen atoms in total. The van der Waals surface area contributed by atoms with Crippen LogP contribution in [0.4, 0.5) is 0 Å². The second-order valence-corrected chi connectivity index (χ2v) is 6.59. The maximum Gasteiger partial charge on any atom is 0.250 e. The van der Waals surface area contributed by atoms with Crippen LogP contribution in [0, 0.1) is 17.2 Å². The zero-order chi connectivity index (χ0) is 15.8. The summed E-state index contributed by atoms with van der Waals surface area (Å²) in [6, 6.07) is 17.8. The average Bonchev–Trinajstić information content (AvgIpc) is 2.58. The van der Waals surface area contributed by atoms with Crippen molar-refractivity contribution < 1.29 is 0 Å². The Balaban J connectivity index is 1.66. The first-order chi connectivity index (χ1) is 11.3. The standard InChI is InChI=1S/C19H19N3O/c20-10-18(15-5-2-1-3-6-15)21-11-14-9-16(13-21)17-7-4-8-19(23)22(17)12-14/h1-8,14,16,18H,9,11-13H2/t14-,16-,18-/m0/s1. The van der Waals surface area contributed by atoms with Gasteiger partial charge in [-0.3, -0.25) is 9.69 Å². The fourth-order valence-corrected chi connectivity index (χ4v) is 4.15. The van der Waals surface area contributed by atoms with E-state index in [0.717, 1.165) is 37.3 Å². The lowest BCUT2D eigenvalue weighted by molar-refractivity contribution is 0.100. The third-order valence-corrected chi connectivity index (χ3v) is 5.11. The molecule has 3 heterocycles. The molecule has 0 aliphatic carbocycles. The lowest BCUT2D eigenvalue weighted by Crippen LogP contribution is -2.47. The predicted octanol–water partition coefficient (Wildman–Crippen LogP) is 2.53. The molecule has 0 radical (unpaired) electrons. The molecule has 2 aliphatic heterocycles. The molecule has 1 aromatic heterocycles. The Kier molecular flexibility index (Phi) is 3.51. The molecule has 2 aromatic rings. The van der Waals surface area contributed by atoms with E-state index in [1.54, 1.807) is 6.07 Å². The van der Waals surface area contributed by atoms with Gasteiger partial charge in [0.1, 0.15) is 6.04 Å². The number of aromatic nitrogens is 1. The maximum absolute atomic E-state index is 12.1. The van der Waals surface area contributed by atoms with E-state index in [1.165, 1.54) is 0 Å². The lowest BCUT2D eigenvalue weighted by Gasteiger charge is -2.44. The van der Waals surface area contributed by atoms with Crippen molar-refractivity contribution in [3.8, 4) is 6.07 Å². The van der Waals surface area contributed by atoms with E-state index < -0.39 is 0 Å². The Labute approximate surface area is 135 Å². The van der Waals surface area contributed by atoms with Crippen LogP contribution in [-0.4, -0.2) is 22.6 Å². The number of piperidine rings is 1. The number of hydrogen-bond donors (Lipinski definition) is 0. The summed E-state index contributed by atoms with van der Waals surface area (Å²) >= 11 is 0. The molecule has 4 rings (SSSR count). The molecule has 0 N–H and O–H groups in total. The van der Waals surface area contributed by atoms with Gasteiger partial charge >= 0.3 is 0 Å². The number of benzene rings is 1. The van der Waals surface area contributed by atoms with E-state index in [2.05, 4.69) is 17.0 Å². The van der Waals surface area contributed by atoms with Gasteiger partial charge in [0.15, 0.2) is 0 Å². The smallest absolute Gasteiger partial charge is 0.250 e. The molecule has 4 heteroatoms. The van der Waals surface area contributed by atoms with Crippen LogP contribution in [0.25, 0.3) is 0 Å². The summed E-state index contributed by atoms with van der Waals surface area (Å²) < 4.78 is 1.93. The number of nitriles is 1.